The lowest BCUT2D eigenvalue weighted by atomic mass is 9.66. The summed E-state index contributed by atoms with van der Waals surface area (Å²) in [4.78, 5) is 23.1. The van der Waals surface area contributed by atoms with Crippen LogP contribution in [-0.2, 0) is 14.3 Å². The zero-order valence-corrected chi connectivity index (χ0v) is 22.0. The summed E-state index contributed by atoms with van der Waals surface area (Å²) in [5.74, 6) is -1.31. The molecule has 0 amide bonds. The number of esters is 1. The lowest BCUT2D eigenvalue weighted by Gasteiger charge is -2.43. The molecule has 0 heterocycles. The number of aliphatic hydroxyl groups excluding tert-OH is 3. The molecule has 2 aliphatic carbocycles. The molecule has 2 aliphatic rings. The van der Waals surface area contributed by atoms with Crippen molar-refractivity contribution >= 4 is 11.9 Å². The topological polar surface area (TPSA) is 150 Å². The zero-order valence-electron chi connectivity index (χ0n) is 22.0. The molecule has 4 unspecified atom stereocenters. The smallest absolute Gasteiger partial charge is 0.308 e. The maximum Gasteiger partial charge on any atom is 0.308 e. The van der Waals surface area contributed by atoms with E-state index in [1.54, 1.807) is 0 Å². The minimum Gasteiger partial charge on any atom is -0.481 e. The first kappa shape index (κ1) is 31.3. The third-order valence-electron chi connectivity index (χ3n) is 7.09. The van der Waals surface area contributed by atoms with Gasteiger partial charge in [-0.15, -0.1) is 0 Å². The summed E-state index contributed by atoms with van der Waals surface area (Å²) in [6.45, 7) is 9.92. The predicted molar refractivity (Wildman–Crippen MR) is 135 cm³/mol. The number of carboxylic acids is 1. The van der Waals surface area contributed by atoms with Crippen molar-refractivity contribution in [1.82, 2.24) is 0 Å². The Kier molecular flexibility index (Phi) is 13.8. The Bertz CT molecular complexity index is 720. The second kappa shape index (κ2) is 15.4. The van der Waals surface area contributed by atoms with Gasteiger partial charge >= 0.3 is 11.9 Å². The molecule has 6 N–H and O–H groups in total. The summed E-state index contributed by atoms with van der Waals surface area (Å²) in [7, 11) is 0. The molecule has 8 nitrogen and oxygen atoms in total. The number of rotatable bonds is 11. The van der Waals surface area contributed by atoms with E-state index in [2.05, 4.69) is 19.9 Å². The van der Waals surface area contributed by atoms with Crippen LogP contribution in [0.3, 0.4) is 0 Å². The summed E-state index contributed by atoms with van der Waals surface area (Å²) in [6.07, 6.45) is 5.72. The summed E-state index contributed by atoms with van der Waals surface area (Å²) >= 11 is 0. The van der Waals surface area contributed by atoms with Crippen LogP contribution in [0, 0.1) is 23.7 Å². The molecule has 0 spiro atoms. The average molecular weight is 498 g/mol. The standard InChI is InChI=1S/C23H36O7.C4H11N/c1-4-13(2)23(29)30-20-11-17(25)9-15-6-5-14(3)19(22(15)20)8-7-16(24)10-18(26)12-21(27)28;1-3-4(2)5/h5-6,9,13-14,16-20,22,24-26H,4,7-8,10-12H2,1-3H3,(H,27,28);4H,3,5H2,1-2H3/t13?,14-,16?,17+,18?,19-,20-,22-;/m0./s1. The minimum absolute atomic E-state index is 0.0156. The van der Waals surface area contributed by atoms with E-state index >= 15 is 0 Å². The van der Waals surface area contributed by atoms with Crippen molar-refractivity contribution < 1.29 is 34.8 Å². The third kappa shape index (κ3) is 10.8. The predicted octanol–water partition coefficient (Wildman–Crippen LogP) is 3.18. The molecule has 8 heteroatoms. The number of nitrogens with two attached hydrogens (primary N) is 1. The largest absolute Gasteiger partial charge is 0.481 e. The number of carbonyl (C=O) groups excluding carboxylic acids is 1. The van der Waals surface area contributed by atoms with Crippen molar-refractivity contribution in [3.05, 3.63) is 23.8 Å². The molecule has 0 aromatic carbocycles. The Hall–Kier alpha value is -1.74. The maximum atomic E-state index is 12.4. The van der Waals surface area contributed by atoms with Gasteiger partial charge in [-0.05, 0) is 56.4 Å². The molecular weight excluding hydrogens is 450 g/mol. The monoisotopic (exact) mass is 497 g/mol. The fraction of sp³-hybridized carbons (Fsp3) is 0.778. The number of allylic oxidation sites excluding steroid dienone is 2. The molecule has 35 heavy (non-hydrogen) atoms. The van der Waals surface area contributed by atoms with Gasteiger partial charge in [0.1, 0.15) is 6.10 Å². The van der Waals surface area contributed by atoms with E-state index in [1.165, 1.54) is 0 Å². The molecule has 0 aromatic rings. The molecule has 0 saturated carbocycles. The summed E-state index contributed by atoms with van der Waals surface area (Å²) in [5.41, 5.74) is 6.25. The number of hydrogen-bond donors (Lipinski definition) is 5. The van der Waals surface area contributed by atoms with Gasteiger partial charge in [-0.25, -0.2) is 0 Å². The van der Waals surface area contributed by atoms with Gasteiger partial charge in [0.25, 0.3) is 0 Å². The average Bonchev–Trinajstić information content (AvgIpc) is 2.77. The highest BCUT2D eigenvalue weighted by Gasteiger charge is 2.42. The van der Waals surface area contributed by atoms with Crippen LogP contribution in [0.4, 0.5) is 0 Å². The molecule has 0 aromatic heterocycles. The molecule has 2 rings (SSSR count). The van der Waals surface area contributed by atoms with E-state index in [0.29, 0.717) is 31.7 Å². The number of hydrogen-bond acceptors (Lipinski definition) is 7. The summed E-state index contributed by atoms with van der Waals surface area (Å²) < 4.78 is 5.84. The van der Waals surface area contributed by atoms with Crippen molar-refractivity contribution in [2.45, 2.75) is 110 Å². The maximum absolute atomic E-state index is 12.4. The number of carboxylic acid groups (broad SMARTS) is 1. The molecule has 0 fully saturated rings. The SMILES string of the molecule is CCC(C)C(=O)O[C@H]1C[C@H](O)C=C2C=C[C@H](C)[C@H](CCC(O)CC(O)CC(=O)O)[C@H]21.CCC(C)N. The van der Waals surface area contributed by atoms with Crippen LogP contribution in [0.15, 0.2) is 23.8 Å². The van der Waals surface area contributed by atoms with Crippen molar-refractivity contribution in [3.63, 3.8) is 0 Å². The van der Waals surface area contributed by atoms with E-state index < -0.39 is 30.4 Å². The molecule has 0 radical (unpaired) electrons. The fourth-order valence-electron chi connectivity index (χ4n) is 4.52. The van der Waals surface area contributed by atoms with Crippen LogP contribution in [0.2, 0.25) is 0 Å². The van der Waals surface area contributed by atoms with E-state index in [0.717, 1.165) is 12.0 Å². The van der Waals surface area contributed by atoms with Crippen LogP contribution in [-0.4, -0.2) is 62.8 Å². The lowest BCUT2D eigenvalue weighted by molar-refractivity contribution is -0.159. The van der Waals surface area contributed by atoms with Gasteiger partial charge in [-0.1, -0.05) is 45.9 Å². The Morgan fingerprint density at radius 1 is 1.17 bits per heavy atom. The van der Waals surface area contributed by atoms with Gasteiger partial charge in [0.05, 0.1) is 30.7 Å². The van der Waals surface area contributed by atoms with Crippen LogP contribution in [0.5, 0.6) is 0 Å². The van der Waals surface area contributed by atoms with E-state index in [1.807, 2.05) is 32.9 Å². The molecule has 0 bridgehead atoms. The van der Waals surface area contributed by atoms with Crippen molar-refractivity contribution in [1.29, 1.82) is 0 Å². The first-order valence-electron chi connectivity index (χ1n) is 13.0. The molecule has 0 saturated heterocycles. The van der Waals surface area contributed by atoms with E-state index in [4.69, 9.17) is 15.6 Å². The summed E-state index contributed by atoms with van der Waals surface area (Å²) in [5, 5.41) is 39.1. The number of carbonyl (C=O) groups is 2. The van der Waals surface area contributed by atoms with Gasteiger partial charge in [-0.2, -0.15) is 0 Å². The Labute approximate surface area is 210 Å². The Morgan fingerprint density at radius 2 is 1.80 bits per heavy atom. The first-order chi connectivity index (χ1) is 16.4. The van der Waals surface area contributed by atoms with E-state index in [-0.39, 0.29) is 42.5 Å². The first-order valence-corrected chi connectivity index (χ1v) is 13.0. The van der Waals surface area contributed by atoms with Gasteiger partial charge in [-0.3, -0.25) is 9.59 Å². The van der Waals surface area contributed by atoms with Gasteiger partial charge in [0.2, 0.25) is 0 Å². The van der Waals surface area contributed by atoms with Crippen molar-refractivity contribution in [2.75, 3.05) is 0 Å². The minimum atomic E-state index is -1.10. The Morgan fingerprint density at radius 3 is 2.34 bits per heavy atom. The summed E-state index contributed by atoms with van der Waals surface area (Å²) in [6, 6.07) is 0.384. The van der Waals surface area contributed by atoms with Gasteiger partial charge < -0.3 is 30.9 Å². The normalized spacial score (nSPS) is 28.9. The molecular formula is C27H47NO7. The highest BCUT2D eigenvalue weighted by molar-refractivity contribution is 5.72. The third-order valence-corrected chi connectivity index (χ3v) is 7.09. The number of aliphatic hydroxyl groups is 3. The quantitative estimate of drug-likeness (QED) is 0.273. The fourth-order valence-corrected chi connectivity index (χ4v) is 4.52. The van der Waals surface area contributed by atoms with Crippen LogP contribution in [0.1, 0.15) is 79.6 Å². The molecule has 202 valence electrons. The Balaban J connectivity index is 0.00000111. The van der Waals surface area contributed by atoms with Crippen LogP contribution >= 0.6 is 0 Å². The number of ether oxygens (including phenoxy) is 1. The highest BCUT2D eigenvalue weighted by atomic mass is 16.5. The van der Waals surface area contributed by atoms with Crippen molar-refractivity contribution in [2.24, 2.45) is 29.4 Å². The van der Waals surface area contributed by atoms with Crippen molar-refractivity contribution in [3.8, 4) is 0 Å². The lowest BCUT2D eigenvalue weighted by Crippen LogP contribution is -2.43. The van der Waals surface area contributed by atoms with Crippen LogP contribution in [0.25, 0.3) is 0 Å². The van der Waals surface area contributed by atoms with Crippen LogP contribution < -0.4 is 5.73 Å². The van der Waals surface area contributed by atoms with E-state index in [9.17, 15) is 24.9 Å². The van der Waals surface area contributed by atoms with Gasteiger partial charge in [0, 0.05) is 18.4 Å². The molecule has 9 atom stereocenters. The number of aliphatic carboxylic acids is 1. The zero-order chi connectivity index (χ0) is 26.7. The number of fused-ring (bicyclic) bond motifs is 1. The highest BCUT2D eigenvalue weighted by Crippen LogP contribution is 2.44. The molecule has 0 aliphatic heterocycles. The second-order valence-electron chi connectivity index (χ2n) is 10.3. The second-order valence-corrected chi connectivity index (χ2v) is 10.3. The van der Waals surface area contributed by atoms with Gasteiger partial charge in [0.15, 0.2) is 0 Å².